The molecule has 4 nitrogen and oxygen atoms in total. The Hall–Kier alpha value is -1.95. The predicted octanol–water partition coefficient (Wildman–Crippen LogP) is 2.27. The number of halogens is 1. The molecule has 0 aliphatic carbocycles. The highest BCUT2D eigenvalue weighted by Crippen LogP contribution is 2.15. The first-order valence-electron chi connectivity index (χ1n) is 5.74. The van der Waals surface area contributed by atoms with E-state index in [0.29, 0.717) is 13.0 Å². The van der Waals surface area contributed by atoms with E-state index >= 15 is 0 Å². The van der Waals surface area contributed by atoms with Crippen molar-refractivity contribution in [2.24, 2.45) is 0 Å². The molecule has 2 N–H and O–H groups in total. The summed E-state index contributed by atoms with van der Waals surface area (Å²) in [6, 6.07) is 3.45. The lowest BCUT2D eigenvalue weighted by molar-refractivity contribution is 0.0950. The van der Waals surface area contributed by atoms with E-state index in [9.17, 15) is 9.18 Å². The average Bonchev–Trinajstić information content (AvgIpc) is 2.75. The molecular weight excluding hydrogens is 267 g/mol. The largest absolute Gasteiger partial charge is 0.508 e. The lowest BCUT2D eigenvalue weighted by Crippen LogP contribution is -2.26. The van der Waals surface area contributed by atoms with Crippen molar-refractivity contribution >= 4 is 17.2 Å². The number of nitrogens with zero attached hydrogens (tertiary/aromatic N) is 1. The topological polar surface area (TPSA) is 62.2 Å². The fourth-order valence-electron chi connectivity index (χ4n) is 1.58. The number of hydrogen-bond donors (Lipinski definition) is 2. The van der Waals surface area contributed by atoms with Gasteiger partial charge in [-0.3, -0.25) is 4.79 Å². The SMILES string of the molecule is Cc1csc(CCNC(=O)c2ccc(O)cc2F)n1. The predicted molar refractivity (Wildman–Crippen MR) is 71.0 cm³/mol. The number of amides is 1. The Morgan fingerprint density at radius 1 is 1.53 bits per heavy atom. The molecule has 6 heteroatoms. The Balaban J connectivity index is 1.90. The molecule has 19 heavy (non-hydrogen) atoms. The van der Waals surface area contributed by atoms with Crippen molar-refractivity contribution < 1.29 is 14.3 Å². The molecule has 0 saturated heterocycles. The molecule has 0 atom stereocenters. The summed E-state index contributed by atoms with van der Waals surface area (Å²) in [4.78, 5) is 16.0. The van der Waals surface area contributed by atoms with Crippen LogP contribution >= 0.6 is 11.3 Å². The number of carbonyl (C=O) groups excluding carboxylic acids is 1. The second kappa shape index (κ2) is 5.79. The van der Waals surface area contributed by atoms with Gasteiger partial charge in [-0.05, 0) is 19.1 Å². The molecule has 0 unspecified atom stereocenters. The van der Waals surface area contributed by atoms with E-state index in [2.05, 4.69) is 10.3 Å². The van der Waals surface area contributed by atoms with Crippen molar-refractivity contribution in [2.45, 2.75) is 13.3 Å². The number of aryl methyl sites for hydroxylation is 1. The van der Waals surface area contributed by atoms with Gasteiger partial charge in [0, 0.05) is 30.1 Å². The third kappa shape index (κ3) is 3.51. The molecular formula is C13H13FN2O2S. The summed E-state index contributed by atoms with van der Waals surface area (Å²) in [7, 11) is 0. The van der Waals surface area contributed by atoms with Crippen LogP contribution in [0.25, 0.3) is 0 Å². The Morgan fingerprint density at radius 2 is 2.32 bits per heavy atom. The summed E-state index contributed by atoms with van der Waals surface area (Å²) in [5, 5.41) is 14.6. The number of benzene rings is 1. The van der Waals surface area contributed by atoms with E-state index in [0.717, 1.165) is 16.8 Å². The van der Waals surface area contributed by atoms with Gasteiger partial charge in [0.15, 0.2) is 0 Å². The molecule has 0 radical (unpaired) electrons. The van der Waals surface area contributed by atoms with Gasteiger partial charge in [-0.25, -0.2) is 9.37 Å². The van der Waals surface area contributed by atoms with Gasteiger partial charge in [0.2, 0.25) is 0 Å². The zero-order chi connectivity index (χ0) is 13.8. The summed E-state index contributed by atoms with van der Waals surface area (Å²) < 4.78 is 13.4. The van der Waals surface area contributed by atoms with Crippen molar-refractivity contribution in [2.75, 3.05) is 6.54 Å². The zero-order valence-electron chi connectivity index (χ0n) is 10.3. The number of aromatic nitrogens is 1. The minimum Gasteiger partial charge on any atom is -0.508 e. The molecule has 0 aliphatic rings. The van der Waals surface area contributed by atoms with Crippen LogP contribution in [0.3, 0.4) is 0 Å². The third-order valence-electron chi connectivity index (χ3n) is 2.49. The van der Waals surface area contributed by atoms with Crippen molar-refractivity contribution in [3.63, 3.8) is 0 Å². The minimum atomic E-state index is -0.734. The summed E-state index contributed by atoms with van der Waals surface area (Å²) in [6.45, 7) is 2.30. The number of carbonyl (C=O) groups is 1. The fraction of sp³-hybridized carbons (Fsp3) is 0.231. The summed E-state index contributed by atoms with van der Waals surface area (Å²) in [5.74, 6) is -1.43. The Kier molecular flexibility index (Phi) is 4.11. The lowest BCUT2D eigenvalue weighted by Gasteiger charge is -2.05. The highest BCUT2D eigenvalue weighted by Gasteiger charge is 2.11. The molecule has 1 amide bonds. The lowest BCUT2D eigenvalue weighted by atomic mass is 10.2. The molecule has 0 spiro atoms. The number of nitrogens with one attached hydrogen (secondary N) is 1. The second-order valence-corrected chi connectivity index (χ2v) is 5.00. The molecule has 2 aromatic rings. The average molecular weight is 280 g/mol. The van der Waals surface area contributed by atoms with Crippen LogP contribution in [0.15, 0.2) is 23.6 Å². The maximum absolute atomic E-state index is 13.4. The number of hydrogen-bond acceptors (Lipinski definition) is 4. The smallest absolute Gasteiger partial charge is 0.254 e. The van der Waals surface area contributed by atoms with Crippen LogP contribution in [-0.4, -0.2) is 22.5 Å². The molecule has 1 aromatic carbocycles. The van der Waals surface area contributed by atoms with Gasteiger partial charge in [-0.15, -0.1) is 11.3 Å². The summed E-state index contributed by atoms with van der Waals surface area (Å²) in [6.07, 6.45) is 0.615. The van der Waals surface area contributed by atoms with E-state index in [4.69, 9.17) is 5.11 Å². The first-order valence-corrected chi connectivity index (χ1v) is 6.62. The standard InChI is InChI=1S/C13H13FN2O2S/c1-8-7-19-12(16-8)4-5-15-13(18)10-3-2-9(17)6-11(10)14/h2-3,6-7,17H,4-5H2,1H3,(H,15,18). The van der Waals surface area contributed by atoms with E-state index in [-0.39, 0.29) is 11.3 Å². The highest BCUT2D eigenvalue weighted by atomic mass is 32.1. The van der Waals surface area contributed by atoms with Crippen molar-refractivity contribution in [3.8, 4) is 5.75 Å². The molecule has 100 valence electrons. The van der Waals surface area contributed by atoms with Gasteiger partial charge < -0.3 is 10.4 Å². The fourth-order valence-corrected chi connectivity index (χ4v) is 2.36. The molecule has 0 aliphatic heterocycles. The number of rotatable bonds is 4. The van der Waals surface area contributed by atoms with E-state index < -0.39 is 11.7 Å². The molecule has 1 aromatic heterocycles. The molecule has 0 bridgehead atoms. The van der Waals surface area contributed by atoms with Crippen LogP contribution in [0.2, 0.25) is 0 Å². The Bertz CT molecular complexity index is 598. The first-order chi connectivity index (χ1) is 9.06. The number of phenolic OH excluding ortho intramolecular Hbond substituents is 1. The molecule has 1 heterocycles. The van der Waals surface area contributed by atoms with Crippen molar-refractivity contribution in [3.05, 3.63) is 45.7 Å². The van der Waals surface area contributed by atoms with E-state index in [1.807, 2.05) is 12.3 Å². The highest BCUT2D eigenvalue weighted by molar-refractivity contribution is 7.09. The molecule has 0 fully saturated rings. The van der Waals surface area contributed by atoms with E-state index in [1.54, 1.807) is 0 Å². The van der Waals surface area contributed by atoms with Gasteiger partial charge in [-0.1, -0.05) is 0 Å². The number of aromatic hydroxyl groups is 1. The number of phenols is 1. The summed E-state index contributed by atoms with van der Waals surface area (Å²) in [5.41, 5.74) is 0.879. The molecule has 2 rings (SSSR count). The van der Waals surface area contributed by atoms with Gasteiger partial charge in [0.1, 0.15) is 11.6 Å². The Labute approximate surface area is 113 Å². The molecule has 0 saturated carbocycles. The van der Waals surface area contributed by atoms with Gasteiger partial charge in [0.25, 0.3) is 5.91 Å². The van der Waals surface area contributed by atoms with Crippen LogP contribution in [0.4, 0.5) is 4.39 Å². The third-order valence-corrected chi connectivity index (χ3v) is 3.51. The van der Waals surface area contributed by atoms with Crippen molar-refractivity contribution in [1.29, 1.82) is 0 Å². The normalized spacial score (nSPS) is 10.4. The first kappa shape index (κ1) is 13.5. The summed E-state index contributed by atoms with van der Waals surface area (Å²) >= 11 is 1.53. The van der Waals surface area contributed by atoms with Gasteiger partial charge in [0.05, 0.1) is 10.6 Å². The van der Waals surface area contributed by atoms with Crippen LogP contribution in [0.1, 0.15) is 21.1 Å². The second-order valence-electron chi connectivity index (χ2n) is 4.05. The van der Waals surface area contributed by atoms with Crippen LogP contribution in [-0.2, 0) is 6.42 Å². The van der Waals surface area contributed by atoms with Crippen LogP contribution in [0, 0.1) is 12.7 Å². The van der Waals surface area contributed by atoms with Gasteiger partial charge >= 0.3 is 0 Å². The van der Waals surface area contributed by atoms with Gasteiger partial charge in [-0.2, -0.15) is 0 Å². The van der Waals surface area contributed by atoms with Crippen LogP contribution in [0.5, 0.6) is 5.75 Å². The minimum absolute atomic E-state index is 0.0758. The monoisotopic (exact) mass is 280 g/mol. The maximum Gasteiger partial charge on any atom is 0.254 e. The quantitative estimate of drug-likeness (QED) is 0.903. The maximum atomic E-state index is 13.4. The van der Waals surface area contributed by atoms with Crippen molar-refractivity contribution in [1.82, 2.24) is 10.3 Å². The zero-order valence-corrected chi connectivity index (χ0v) is 11.1. The Morgan fingerprint density at radius 3 is 2.95 bits per heavy atom. The number of thiazole rings is 1. The van der Waals surface area contributed by atoms with E-state index in [1.165, 1.54) is 23.5 Å². The van der Waals surface area contributed by atoms with Crippen LogP contribution < -0.4 is 5.32 Å².